The molecule has 34 heavy (non-hydrogen) atoms. The lowest BCUT2D eigenvalue weighted by molar-refractivity contribution is -0.409. The van der Waals surface area contributed by atoms with E-state index < -0.39 is 112 Å². The summed E-state index contributed by atoms with van der Waals surface area (Å²) in [6.07, 6.45) is -22.8. The molecule has 0 radical (unpaired) electrons. The molecule has 3 heterocycles. The number of hydrogen-bond donors (Lipinski definition) is 11. The first-order valence-corrected chi connectivity index (χ1v) is 10.6. The van der Waals surface area contributed by atoms with Crippen molar-refractivity contribution in [1.82, 2.24) is 0 Å². The van der Waals surface area contributed by atoms with Crippen LogP contribution in [0.1, 0.15) is 0 Å². The summed E-state index contributed by atoms with van der Waals surface area (Å²) in [5.41, 5.74) is 0. The highest BCUT2D eigenvalue weighted by Crippen LogP contribution is 2.35. The Morgan fingerprint density at radius 1 is 0.706 bits per heavy atom. The van der Waals surface area contributed by atoms with Crippen LogP contribution in [0.2, 0.25) is 0 Å². The Kier molecular flexibility index (Phi) is 9.18. The Labute approximate surface area is 192 Å². The molecule has 200 valence electrons. The Hall–Kier alpha value is -0.640. The van der Waals surface area contributed by atoms with Gasteiger partial charge >= 0.3 is 0 Å². The molecule has 0 aromatic heterocycles. The van der Waals surface area contributed by atoms with Gasteiger partial charge in [-0.2, -0.15) is 0 Å². The van der Waals surface area contributed by atoms with Gasteiger partial charge in [-0.25, -0.2) is 0 Å². The number of aliphatic hydroxyl groups is 11. The SMILES string of the molecule is OC[C@H]1O[C@@H](O[C@H]2[C@H](O[C@@]3(CO)OC[C@@H](O)[C@@H](O)[C@@H]3O)[C@@H](O)C(O)O[C@@H]2CO)[C@H](O)[C@@H](O)[C@H]1O. The van der Waals surface area contributed by atoms with Gasteiger partial charge in [0.15, 0.2) is 12.6 Å². The summed E-state index contributed by atoms with van der Waals surface area (Å²) >= 11 is 0. The van der Waals surface area contributed by atoms with E-state index in [2.05, 4.69) is 0 Å². The van der Waals surface area contributed by atoms with E-state index in [-0.39, 0.29) is 0 Å². The lowest BCUT2D eigenvalue weighted by Crippen LogP contribution is -2.70. The number of ether oxygens (including phenoxy) is 5. The molecule has 16 heteroatoms. The van der Waals surface area contributed by atoms with Crippen molar-refractivity contribution in [2.75, 3.05) is 26.4 Å². The lowest BCUT2D eigenvalue weighted by Gasteiger charge is -2.50. The molecule has 11 N–H and O–H groups in total. The van der Waals surface area contributed by atoms with Crippen LogP contribution >= 0.6 is 0 Å². The molecule has 0 aromatic carbocycles. The second kappa shape index (κ2) is 11.2. The average Bonchev–Trinajstić information content (AvgIpc) is 2.83. The molecular weight excluding hydrogens is 472 g/mol. The highest BCUT2D eigenvalue weighted by Gasteiger charge is 2.57. The van der Waals surface area contributed by atoms with Gasteiger partial charge in [-0.1, -0.05) is 0 Å². The van der Waals surface area contributed by atoms with Gasteiger partial charge in [0.1, 0.15) is 73.8 Å². The third-order valence-electron chi connectivity index (χ3n) is 6.18. The molecule has 16 nitrogen and oxygen atoms in total. The van der Waals surface area contributed by atoms with E-state index in [0.29, 0.717) is 0 Å². The van der Waals surface area contributed by atoms with Crippen LogP contribution in [0.15, 0.2) is 0 Å². The maximum absolute atomic E-state index is 10.5. The number of hydrogen-bond acceptors (Lipinski definition) is 16. The molecule has 0 spiro atoms. The Bertz CT molecular complexity index is 653. The molecule has 0 aliphatic carbocycles. The van der Waals surface area contributed by atoms with E-state index in [0.717, 1.165) is 0 Å². The predicted molar refractivity (Wildman–Crippen MR) is 101 cm³/mol. The average molecular weight is 504 g/mol. The van der Waals surface area contributed by atoms with Crippen molar-refractivity contribution in [1.29, 1.82) is 0 Å². The molecule has 1 unspecified atom stereocenters. The zero-order valence-corrected chi connectivity index (χ0v) is 17.8. The summed E-state index contributed by atoms with van der Waals surface area (Å²) in [6, 6.07) is 0. The van der Waals surface area contributed by atoms with Crippen molar-refractivity contribution in [2.24, 2.45) is 0 Å². The smallest absolute Gasteiger partial charge is 0.221 e. The van der Waals surface area contributed by atoms with Gasteiger partial charge in [0.2, 0.25) is 5.79 Å². The second-order valence-corrected chi connectivity index (χ2v) is 8.40. The van der Waals surface area contributed by atoms with Gasteiger partial charge in [-0.05, 0) is 0 Å². The van der Waals surface area contributed by atoms with Crippen LogP contribution in [0, 0.1) is 0 Å². The van der Waals surface area contributed by atoms with E-state index in [9.17, 15) is 56.2 Å². The number of aliphatic hydroxyl groups excluding tert-OH is 11. The maximum atomic E-state index is 10.5. The van der Waals surface area contributed by atoms with Crippen LogP contribution in [-0.4, -0.2) is 168 Å². The fourth-order valence-electron chi connectivity index (χ4n) is 4.08. The van der Waals surface area contributed by atoms with E-state index in [1.165, 1.54) is 0 Å². The monoisotopic (exact) mass is 504 g/mol. The molecule has 3 aliphatic heterocycles. The topological polar surface area (TPSA) is 269 Å². The molecular formula is C18H32O16. The highest BCUT2D eigenvalue weighted by atomic mass is 16.8. The first-order chi connectivity index (χ1) is 16.0. The van der Waals surface area contributed by atoms with Gasteiger partial charge in [0.25, 0.3) is 0 Å². The summed E-state index contributed by atoms with van der Waals surface area (Å²) in [7, 11) is 0. The van der Waals surface area contributed by atoms with Crippen molar-refractivity contribution in [3.05, 3.63) is 0 Å². The minimum absolute atomic E-state index is 0.595. The van der Waals surface area contributed by atoms with Crippen LogP contribution in [0.25, 0.3) is 0 Å². The Morgan fingerprint density at radius 3 is 1.94 bits per heavy atom. The minimum atomic E-state index is -2.43. The van der Waals surface area contributed by atoms with Gasteiger partial charge in [-0.15, -0.1) is 0 Å². The molecule has 0 saturated carbocycles. The molecule has 0 amide bonds. The van der Waals surface area contributed by atoms with E-state index in [4.69, 9.17) is 23.7 Å². The fourth-order valence-corrected chi connectivity index (χ4v) is 4.08. The van der Waals surface area contributed by atoms with Crippen molar-refractivity contribution in [3.8, 4) is 0 Å². The quantitative estimate of drug-likeness (QED) is 0.154. The molecule has 3 saturated heterocycles. The predicted octanol–water partition coefficient (Wildman–Crippen LogP) is -7.57. The molecule has 0 aromatic rings. The summed E-state index contributed by atoms with van der Waals surface area (Å²) in [5.74, 6) is -2.43. The largest absolute Gasteiger partial charge is 0.394 e. The first kappa shape index (κ1) is 27.9. The first-order valence-electron chi connectivity index (χ1n) is 10.6. The van der Waals surface area contributed by atoms with Crippen LogP contribution in [0.3, 0.4) is 0 Å². The van der Waals surface area contributed by atoms with Crippen LogP contribution in [-0.2, 0) is 23.7 Å². The zero-order valence-electron chi connectivity index (χ0n) is 17.8. The summed E-state index contributed by atoms with van der Waals surface area (Å²) in [6.45, 7) is -3.32. The van der Waals surface area contributed by atoms with E-state index >= 15 is 0 Å². The van der Waals surface area contributed by atoms with E-state index in [1.54, 1.807) is 0 Å². The highest BCUT2D eigenvalue weighted by molar-refractivity contribution is 4.99. The van der Waals surface area contributed by atoms with Crippen molar-refractivity contribution < 1.29 is 79.9 Å². The standard InChI is InChI=1S/C18H32O16/c19-1-6-9(24)10(25)11(26)17(32-6)33-13-7(2-20)31-16(29)12(27)14(13)34-18(4-21)15(28)8(23)5(22)3-30-18/h5-17,19-29H,1-4H2/t5-,6-,7-,8-,9+,10+,11-,12-,13-,14-,15+,16?,17+,18-/m1/s1. The lowest BCUT2D eigenvalue weighted by atomic mass is 9.94. The van der Waals surface area contributed by atoms with Gasteiger partial charge < -0.3 is 79.9 Å². The third kappa shape index (κ3) is 5.09. The van der Waals surface area contributed by atoms with Crippen LogP contribution in [0.4, 0.5) is 0 Å². The fraction of sp³-hybridized carbons (Fsp3) is 1.00. The molecule has 0 bridgehead atoms. The summed E-state index contributed by atoms with van der Waals surface area (Å²) in [5, 5.41) is 110. The Balaban J connectivity index is 1.89. The summed E-state index contributed by atoms with van der Waals surface area (Å²) < 4.78 is 26.7. The molecule has 3 aliphatic rings. The Morgan fingerprint density at radius 2 is 1.35 bits per heavy atom. The molecule has 3 fully saturated rings. The van der Waals surface area contributed by atoms with Gasteiger partial charge in [-0.3, -0.25) is 0 Å². The van der Waals surface area contributed by atoms with Crippen LogP contribution < -0.4 is 0 Å². The van der Waals surface area contributed by atoms with Gasteiger partial charge in [0, 0.05) is 0 Å². The maximum Gasteiger partial charge on any atom is 0.221 e. The van der Waals surface area contributed by atoms with Crippen molar-refractivity contribution >= 4 is 0 Å². The summed E-state index contributed by atoms with van der Waals surface area (Å²) in [4.78, 5) is 0. The third-order valence-corrected chi connectivity index (χ3v) is 6.18. The van der Waals surface area contributed by atoms with Crippen molar-refractivity contribution in [2.45, 2.75) is 85.5 Å². The minimum Gasteiger partial charge on any atom is -0.394 e. The molecule has 14 atom stereocenters. The van der Waals surface area contributed by atoms with E-state index in [1.807, 2.05) is 0 Å². The van der Waals surface area contributed by atoms with Gasteiger partial charge in [0.05, 0.1) is 19.8 Å². The van der Waals surface area contributed by atoms with Crippen LogP contribution in [0.5, 0.6) is 0 Å². The molecule has 3 rings (SSSR count). The number of rotatable bonds is 7. The zero-order chi connectivity index (χ0) is 25.4. The second-order valence-electron chi connectivity index (χ2n) is 8.40. The van der Waals surface area contributed by atoms with Crippen molar-refractivity contribution in [3.63, 3.8) is 0 Å². The normalized spacial score (nSPS) is 52.5.